The number of carbonyl (C=O) groups excluding carboxylic acids is 3. The van der Waals surface area contributed by atoms with E-state index in [4.69, 9.17) is 5.21 Å². The molecule has 1 heterocycles. The Morgan fingerprint density at radius 3 is 2.53 bits per heavy atom. The van der Waals surface area contributed by atoms with Crippen molar-refractivity contribution >= 4 is 28.9 Å². The first-order valence-electron chi connectivity index (χ1n) is 4.77. The number of Topliss-reactive ketones (excluding diaryl/α,β-unsaturated/α-hetero) is 2. The second-order valence-corrected chi connectivity index (χ2v) is 3.61. The summed E-state index contributed by atoms with van der Waals surface area (Å²) >= 11 is 0. The van der Waals surface area contributed by atoms with Crippen molar-refractivity contribution in [2.75, 3.05) is 5.32 Å². The van der Waals surface area contributed by atoms with Gasteiger partial charge >= 0.3 is 0 Å². The van der Waals surface area contributed by atoms with Gasteiger partial charge in [-0.25, -0.2) is 0 Å². The van der Waals surface area contributed by atoms with Crippen LogP contribution in [0.5, 0.6) is 0 Å². The van der Waals surface area contributed by atoms with Crippen LogP contribution in [-0.2, 0) is 9.59 Å². The summed E-state index contributed by atoms with van der Waals surface area (Å²) in [5.41, 5.74) is 0.424. The molecular weight excluding hydrogens is 224 g/mol. The van der Waals surface area contributed by atoms with Gasteiger partial charge in [0.1, 0.15) is 0 Å². The van der Waals surface area contributed by atoms with Crippen molar-refractivity contribution in [1.82, 2.24) is 0 Å². The van der Waals surface area contributed by atoms with Gasteiger partial charge in [0.15, 0.2) is 0 Å². The number of rotatable bonds is 0. The van der Waals surface area contributed by atoms with E-state index in [9.17, 15) is 14.4 Å². The highest BCUT2D eigenvalue weighted by molar-refractivity contribution is 6.83. The Balaban J connectivity index is 2.67. The predicted octanol–water partition coefficient (Wildman–Crippen LogP) is 0.529. The standard InChI is InChI=1S/C11H8N2O4/c1-5-2-3-6-7(4-5)12-11(16)10(15)8(13-17)9(6)14/h2-4,17H,1H3,(H,12,16)/b13-8-. The van der Waals surface area contributed by atoms with Gasteiger partial charge < -0.3 is 10.5 Å². The third-order valence-corrected chi connectivity index (χ3v) is 2.40. The maximum atomic E-state index is 11.8. The Hall–Kier alpha value is -2.50. The van der Waals surface area contributed by atoms with Gasteiger partial charge in [-0.15, -0.1) is 0 Å². The number of nitrogens with zero attached hydrogens (tertiary/aromatic N) is 1. The first kappa shape index (κ1) is 11.0. The quantitative estimate of drug-likeness (QED) is 0.387. The third kappa shape index (κ3) is 1.69. The molecule has 0 aliphatic carbocycles. The number of benzene rings is 1. The van der Waals surface area contributed by atoms with Crippen LogP contribution in [0.1, 0.15) is 15.9 Å². The van der Waals surface area contributed by atoms with Crippen molar-refractivity contribution in [1.29, 1.82) is 0 Å². The second-order valence-electron chi connectivity index (χ2n) is 3.61. The van der Waals surface area contributed by atoms with Crippen LogP contribution < -0.4 is 5.32 Å². The van der Waals surface area contributed by atoms with Gasteiger partial charge in [-0.05, 0) is 24.6 Å². The van der Waals surface area contributed by atoms with Crippen LogP contribution in [0.4, 0.5) is 5.69 Å². The van der Waals surface area contributed by atoms with E-state index >= 15 is 0 Å². The van der Waals surface area contributed by atoms with Crippen LogP contribution in [0.25, 0.3) is 0 Å². The summed E-state index contributed by atoms with van der Waals surface area (Å²) in [6.07, 6.45) is 0. The smallest absolute Gasteiger partial charge is 0.298 e. The van der Waals surface area contributed by atoms with E-state index in [1.54, 1.807) is 19.1 Å². The van der Waals surface area contributed by atoms with Gasteiger partial charge in [-0.2, -0.15) is 0 Å². The molecule has 1 amide bonds. The molecule has 0 radical (unpaired) electrons. The lowest BCUT2D eigenvalue weighted by atomic mass is 10.0. The molecule has 2 N–H and O–H groups in total. The summed E-state index contributed by atoms with van der Waals surface area (Å²) in [4.78, 5) is 34.6. The molecule has 1 aliphatic rings. The van der Waals surface area contributed by atoms with E-state index in [1.165, 1.54) is 6.07 Å². The minimum Gasteiger partial charge on any atom is -0.410 e. The molecule has 17 heavy (non-hydrogen) atoms. The average Bonchev–Trinajstić information content (AvgIpc) is 2.36. The summed E-state index contributed by atoms with van der Waals surface area (Å²) < 4.78 is 0. The highest BCUT2D eigenvalue weighted by Crippen LogP contribution is 2.21. The van der Waals surface area contributed by atoms with E-state index < -0.39 is 23.2 Å². The maximum absolute atomic E-state index is 11.8. The molecule has 0 spiro atoms. The number of ketones is 2. The molecule has 0 saturated carbocycles. The van der Waals surface area contributed by atoms with Crippen LogP contribution in [0.3, 0.4) is 0 Å². The predicted molar refractivity (Wildman–Crippen MR) is 58.4 cm³/mol. The Kier molecular flexibility index (Phi) is 2.47. The van der Waals surface area contributed by atoms with Crippen LogP contribution >= 0.6 is 0 Å². The van der Waals surface area contributed by atoms with E-state index in [1.807, 2.05) is 0 Å². The monoisotopic (exact) mass is 232 g/mol. The Labute approximate surface area is 95.9 Å². The molecular formula is C11H8N2O4. The third-order valence-electron chi connectivity index (χ3n) is 2.40. The molecule has 86 valence electrons. The summed E-state index contributed by atoms with van der Waals surface area (Å²) in [6, 6.07) is 4.70. The molecule has 6 nitrogen and oxygen atoms in total. The zero-order valence-corrected chi connectivity index (χ0v) is 8.85. The topological polar surface area (TPSA) is 95.8 Å². The minimum atomic E-state index is -1.15. The number of hydrogen-bond acceptors (Lipinski definition) is 5. The maximum Gasteiger partial charge on any atom is 0.298 e. The number of oxime groups is 1. The fourth-order valence-corrected chi connectivity index (χ4v) is 1.57. The average molecular weight is 232 g/mol. The van der Waals surface area contributed by atoms with Crippen molar-refractivity contribution in [2.24, 2.45) is 5.16 Å². The number of aryl methyl sites for hydroxylation is 1. The largest absolute Gasteiger partial charge is 0.410 e. The van der Waals surface area contributed by atoms with Gasteiger partial charge in [0, 0.05) is 5.56 Å². The molecule has 0 aromatic heterocycles. The highest BCUT2D eigenvalue weighted by Gasteiger charge is 2.33. The van der Waals surface area contributed by atoms with Crippen molar-refractivity contribution in [3.05, 3.63) is 29.3 Å². The van der Waals surface area contributed by atoms with E-state index in [2.05, 4.69) is 10.5 Å². The Morgan fingerprint density at radius 1 is 1.18 bits per heavy atom. The van der Waals surface area contributed by atoms with Gasteiger partial charge in [-0.1, -0.05) is 11.2 Å². The highest BCUT2D eigenvalue weighted by atomic mass is 16.4. The van der Waals surface area contributed by atoms with Gasteiger partial charge in [-0.3, -0.25) is 14.4 Å². The van der Waals surface area contributed by atoms with Crippen molar-refractivity contribution in [3.8, 4) is 0 Å². The molecule has 0 fully saturated rings. The fourth-order valence-electron chi connectivity index (χ4n) is 1.57. The summed E-state index contributed by atoms with van der Waals surface area (Å²) in [6.45, 7) is 1.78. The summed E-state index contributed by atoms with van der Waals surface area (Å²) in [5, 5.41) is 13.5. The van der Waals surface area contributed by atoms with Crippen molar-refractivity contribution in [3.63, 3.8) is 0 Å². The molecule has 6 heteroatoms. The molecule has 0 bridgehead atoms. The first-order valence-corrected chi connectivity index (χ1v) is 4.77. The first-order chi connectivity index (χ1) is 8.04. The molecule has 2 rings (SSSR count). The normalized spacial score (nSPS) is 17.7. The number of nitrogens with one attached hydrogen (secondary N) is 1. The van der Waals surface area contributed by atoms with Gasteiger partial charge in [0.2, 0.25) is 11.5 Å². The lowest BCUT2D eigenvalue weighted by molar-refractivity contribution is -0.130. The Morgan fingerprint density at radius 2 is 1.88 bits per heavy atom. The lowest BCUT2D eigenvalue weighted by Gasteiger charge is -2.04. The molecule has 1 aromatic carbocycles. The van der Waals surface area contributed by atoms with Crippen molar-refractivity contribution in [2.45, 2.75) is 6.92 Å². The summed E-state index contributed by atoms with van der Waals surface area (Å²) in [7, 11) is 0. The zero-order valence-electron chi connectivity index (χ0n) is 8.85. The fraction of sp³-hybridized carbons (Fsp3) is 0.0909. The van der Waals surface area contributed by atoms with Gasteiger partial charge in [0.05, 0.1) is 5.69 Å². The van der Waals surface area contributed by atoms with E-state index in [0.29, 0.717) is 0 Å². The second kappa shape index (κ2) is 3.82. The summed E-state index contributed by atoms with van der Waals surface area (Å²) in [5.74, 6) is -2.91. The minimum absolute atomic E-state index is 0.127. The van der Waals surface area contributed by atoms with Gasteiger partial charge in [0.25, 0.3) is 11.7 Å². The molecule has 1 aromatic rings. The number of fused-ring (bicyclic) bond motifs is 1. The number of carbonyl (C=O) groups is 3. The molecule has 0 atom stereocenters. The number of hydrogen-bond donors (Lipinski definition) is 2. The van der Waals surface area contributed by atoms with Crippen LogP contribution in [0, 0.1) is 6.92 Å². The lowest BCUT2D eigenvalue weighted by Crippen LogP contribution is -2.31. The van der Waals surface area contributed by atoms with Crippen LogP contribution in [0.15, 0.2) is 23.4 Å². The molecule has 0 saturated heterocycles. The van der Waals surface area contributed by atoms with E-state index in [-0.39, 0.29) is 11.3 Å². The number of amides is 1. The van der Waals surface area contributed by atoms with E-state index in [0.717, 1.165) is 5.56 Å². The van der Waals surface area contributed by atoms with Crippen LogP contribution in [-0.4, -0.2) is 28.4 Å². The molecule has 0 unspecified atom stereocenters. The molecule has 1 aliphatic heterocycles. The number of anilines is 1. The zero-order chi connectivity index (χ0) is 12.6. The Bertz CT molecular complexity index is 575. The SMILES string of the molecule is Cc1ccc2c(c1)NC(=O)C(=O)/C(=N\O)C2=O. The van der Waals surface area contributed by atoms with Crippen molar-refractivity contribution < 1.29 is 19.6 Å². The van der Waals surface area contributed by atoms with Crippen LogP contribution in [0.2, 0.25) is 0 Å².